The first kappa shape index (κ1) is 9.53. The van der Waals surface area contributed by atoms with Gasteiger partial charge in [-0.25, -0.2) is 0 Å². The largest absolute Gasteiger partial charge is 0.192 e. The lowest BCUT2D eigenvalue weighted by Crippen LogP contribution is -2.24. The molecule has 0 fully saturated rings. The molecule has 74 valence electrons. The second-order valence-electron chi connectivity index (χ2n) is 3.78. The van der Waals surface area contributed by atoms with Crippen LogP contribution >= 0.6 is 0 Å². The standard InChI is InChI=1S/C11H10N4/c1-11(8-13-15-14-11)6-9-2-4-10(7-12)5-3-9/h2-5,8H,6H2,1H3. The maximum atomic E-state index is 8.66. The molecule has 1 aliphatic heterocycles. The summed E-state index contributed by atoms with van der Waals surface area (Å²) >= 11 is 0. The zero-order valence-corrected chi connectivity index (χ0v) is 8.38. The number of nitriles is 1. The molecule has 0 radical (unpaired) electrons. The molecule has 0 N–H and O–H groups in total. The van der Waals surface area contributed by atoms with Gasteiger partial charge in [-0.15, -0.1) is 5.10 Å². The van der Waals surface area contributed by atoms with Crippen molar-refractivity contribution < 1.29 is 0 Å². The zero-order valence-electron chi connectivity index (χ0n) is 8.38. The van der Waals surface area contributed by atoms with Crippen molar-refractivity contribution in [3.8, 4) is 6.07 Å². The van der Waals surface area contributed by atoms with E-state index in [0.29, 0.717) is 5.56 Å². The maximum absolute atomic E-state index is 8.66. The van der Waals surface area contributed by atoms with Gasteiger partial charge in [-0.1, -0.05) is 12.1 Å². The van der Waals surface area contributed by atoms with Crippen molar-refractivity contribution >= 4 is 6.21 Å². The quantitative estimate of drug-likeness (QED) is 0.719. The van der Waals surface area contributed by atoms with Crippen LogP contribution in [0.25, 0.3) is 0 Å². The first-order valence-corrected chi connectivity index (χ1v) is 4.67. The summed E-state index contributed by atoms with van der Waals surface area (Å²) in [5.41, 5.74) is 1.48. The minimum Gasteiger partial charge on any atom is -0.192 e. The first-order chi connectivity index (χ1) is 7.22. The normalized spacial score (nSPS) is 22.9. The number of benzene rings is 1. The summed E-state index contributed by atoms with van der Waals surface area (Å²) in [5, 5.41) is 20.1. The molecule has 0 saturated heterocycles. The van der Waals surface area contributed by atoms with Crippen LogP contribution in [-0.4, -0.2) is 11.8 Å². The van der Waals surface area contributed by atoms with Crippen LogP contribution in [0.4, 0.5) is 0 Å². The van der Waals surface area contributed by atoms with Gasteiger partial charge in [0, 0.05) is 6.42 Å². The van der Waals surface area contributed by atoms with Crippen LogP contribution < -0.4 is 0 Å². The zero-order chi connectivity index (χ0) is 10.7. The molecule has 1 aliphatic rings. The van der Waals surface area contributed by atoms with E-state index < -0.39 is 0 Å². The van der Waals surface area contributed by atoms with Crippen molar-refractivity contribution in [1.82, 2.24) is 0 Å². The van der Waals surface area contributed by atoms with E-state index >= 15 is 0 Å². The molecular weight excluding hydrogens is 188 g/mol. The Balaban J connectivity index is 2.15. The Kier molecular flexibility index (Phi) is 2.30. The fourth-order valence-corrected chi connectivity index (χ4v) is 1.50. The molecule has 1 aromatic rings. The summed E-state index contributed by atoms with van der Waals surface area (Å²) in [4.78, 5) is 0. The Morgan fingerprint density at radius 3 is 2.60 bits per heavy atom. The highest BCUT2D eigenvalue weighted by atomic mass is 15.4. The third-order valence-corrected chi connectivity index (χ3v) is 2.31. The van der Waals surface area contributed by atoms with Gasteiger partial charge in [-0.05, 0) is 29.8 Å². The lowest BCUT2D eigenvalue weighted by molar-refractivity contribution is 0.620. The number of nitrogens with zero attached hydrogens (tertiary/aromatic N) is 4. The van der Waals surface area contributed by atoms with Crippen molar-refractivity contribution in [2.75, 3.05) is 0 Å². The fraction of sp³-hybridized carbons (Fsp3) is 0.273. The Hall–Kier alpha value is -2.02. The van der Waals surface area contributed by atoms with Crippen molar-refractivity contribution in [3.63, 3.8) is 0 Å². The van der Waals surface area contributed by atoms with Crippen LogP contribution in [-0.2, 0) is 6.42 Å². The van der Waals surface area contributed by atoms with Gasteiger partial charge in [0.15, 0.2) is 0 Å². The predicted octanol–water partition coefficient (Wildman–Crippen LogP) is 2.31. The highest BCUT2D eigenvalue weighted by molar-refractivity contribution is 5.71. The molecule has 0 bridgehead atoms. The van der Waals surface area contributed by atoms with Gasteiger partial charge in [-0.3, -0.25) is 0 Å². The van der Waals surface area contributed by atoms with Gasteiger partial charge in [0.2, 0.25) is 0 Å². The molecule has 1 aromatic carbocycles. The SMILES string of the molecule is CC1(Cc2ccc(C#N)cc2)C=NN=N1. The highest BCUT2D eigenvalue weighted by Gasteiger charge is 2.24. The Morgan fingerprint density at radius 1 is 1.33 bits per heavy atom. The fourth-order valence-electron chi connectivity index (χ4n) is 1.50. The Labute approximate surface area is 88.0 Å². The molecule has 4 nitrogen and oxygen atoms in total. The topological polar surface area (TPSA) is 60.9 Å². The number of hydrogen-bond acceptors (Lipinski definition) is 4. The third-order valence-electron chi connectivity index (χ3n) is 2.31. The molecular formula is C11H10N4. The second-order valence-corrected chi connectivity index (χ2v) is 3.78. The molecule has 1 heterocycles. The molecule has 1 atom stereocenters. The molecule has 0 saturated carbocycles. The van der Waals surface area contributed by atoms with Gasteiger partial charge in [0.1, 0.15) is 5.54 Å². The summed E-state index contributed by atoms with van der Waals surface area (Å²) in [7, 11) is 0. The van der Waals surface area contributed by atoms with Crippen molar-refractivity contribution in [3.05, 3.63) is 35.4 Å². The summed E-state index contributed by atoms with van der Waals surface area (Å²) in [6.07, 6.45) is 2.50. The molecule has 0 amide bonds. The van der Waals surface area contributed by atoms with E-state index in [9.17, 15) is 0 Å². The van der Waals surface area contributed by atoms with Crippen molar-refractivity contribution in [2.24, 2.45) is 15.4 Å². The van der Waals surface area contributed by atoms with Gasteiger partial charge < -0.3 is 0 Å². The van der Waals surface area contributed by atoms with E-state index in [0.717, 1.165) is 12.0 Å². The van der Waals surface area contributed by atoms with Crippen LogP contribution in [0.15, 0.2) is 39.7 Å². The Morgan fingerprint density at radius 2 is 2.07 bits per heavy atom. The molecule has 0 aliphatic carbocycles. The molecule has 2 rings (SSSR count). The van der Waals surface area contributed by atoms with Gasteiger partial charge in [0.25, 0.3) is 0 Å². The van der Waals surface area contributed by atoms with Crippen LogP contribution in [0.1, 0.15) is 18.1 Å². The van der Waals surface area contributed by atoms with Crippen molar-refractivity contribution in [1.29, 1.82) is 5.26 Å². The summed E-state index contributed by atoms with van der Waals surface area (Å²) in [5.74, 6) is 0. The number of hydrogen-bond donors (Lipinski definition) is 0. The van der Waals surface area contributed by atoms with E-state index in [1.165, 1.54) is 0 Å². The van der Waals surface area contributed by atoms with Gasteiger partial charge in [0.05, 0.1) is 17.8 Å². The summed E-state index contributed by atoms with van der Waals surface area (Å²) in [6.45, 7) is 1.98. The van der Waals surface area contributed by atoms with E-state index in [-0.39, 0.29) is 5.54 Å². The van der Waals surface area contributed by atoms with Crippen LogP contribution in [0, 0.1) is 11.3 Å². The monoisotopic (exact) mass is 198 g/mol. The summed E-state index contributed by atoms with van der Waals surface area (Å²) < 4.78 is 0. The van der Waals surface area contributed by atoms with Gasteiger partial charge in [-0.2, -0.15) is 10.4 Å². The minimum absolute atomic E-state index is 0.325. The molecule has 4 heteroatoms. The molecule has 0 aromatic heterocycles. The third kappa shape index (κ3) is 2.08. The molecule has 0 spiro atoms. The van der Waals surface area contributed by atoms with Crippen LogP contribution in [0.2, 0.25) is 0 Å². The first-order valence-electron chi connectivity index (χ1n) is 4.67. The predicted molar refractivity (Wildman–Crippen MR) is 56.6 cm³/mol. The average molecular weight is 198 g/mol. The average Bonchev–Trinajstić information content (AvgIpc) is 2.66. The van der Waals surface area contributed by atoms with Crippen LogP contribution in [0.5, 0.6) is 0 Å². The van der Waals surface area contributed by atoms with Crippen LogP contribution in [0.3, 0.4) is 0 Å². The van der Waals surface area contributed by atoms with E-state index in [2.05, 4.69) is 21.5 Å². The summed E-state index contributed by atoms with van der Waals surface area (Å²) in [6, 6.07) is 9.58. The van der Waals surface area contributed by atoms with E-state index in [4.69, 9.17) is 5.26 Å². The lowest BCUT2D eigenvalue weighted by Gasteiger charge is -2.14. The minimum atomic E-state index is -0.325. The maximum Gasteiger partial charge on any atom is 0.122 e. The Bertz CT molecular complexity index is 438. The second kappa shape index (κ2) is 3.62. The van der Waals surface area contributed by atoms with Crippen molar-refractivity contribution in [2.45, 2.75) is 18.9 Å². The lowest BCUT2D eigenvalue weighted by atomic mass is 9.95. The van der Waals surface area contributed by atoms with Gasteiger partial charge >= 0.3 is 0 Å². The number of rotatable bonds is 2. The van der Waals surface area contributed by atoms with E-state index in [1.54, 1.807) is 6.21 Å². The highest BCUT2D eigenvalue weighted by Crippen LogP contribution is 2.20. The molecule has 1 unspecified atom stereocenters. The van der Waals surface area contributed by atoms with E-state index in [1.807, 2.05) is 31.2 Å². The molecule has 15 heavy (non-hydrogen) atoms. The smallest absolute Gasteiger partial charge is 0.122 e.